The highest BCUT2D eigenvalue weighted by molar-refractivity contribution is 6.33. The summed E-state index contributed by atoms with van der Waals surface area (Å²) in [5, 5.41) is 2.95. The highest BCUT2D eigenvalue weighted by atomic mass is 16.2. The van der Waals surface area contributed by atoms with Crippen LogP contribution in [0.25, 0.3) is 0 Å². The monoisotopic (exact) mass is 307 g/mol. The van der Waals surface area contributed by atoms with Crippen molar-refractivity contribution in [3.8, 4) is 0 Å². The third-order valence-electron chi connectivity index (χ3n) is 4.34. The number of para-hydroxylation sites is 1. The van der Waals surface area contributed by atoms with Crippen molar-refractivity contribution in [3.05, 3.63) is 60.2 Å². The minimum absolute atomic E-state index is 0.00765. The van der Waals surface area contributed by atoms with Crippen LogP contribution in [-0.4, -0.2) is 49.9 Å². The van der Waals surface area contributed by atoms with Crippen LogP contribution in [-0.2, 0) is 6.54 Å². The van der Waals surface area contributed by atoms with E-state index in [-0.39, 0.29) is 6.03 Å². The van der Waals surface area contributed by atoms with Crippen molar-refractivity contribution < 1.29 is 4.79 Å². The van der Waals surface area contributed by atoms with E-state index in [1.54, 1.807) is 0 Å². The molecule has 1 aliphatic heterocycles. The Morgan fingerprint density at radius 1 is 0.957 bits per heavy atom. The first-order valence-electron chi connectivity index (χ1n) is 8.10. The number of carbonyl (C=O) groups is 1. The van der Waals surface area contributed by atoms with E-state index < -0.39 is 0 Å². The molecule has 1 N–H and O–H groups in total. The summed E-state index contributed by atoms with van der Waals surface area (Å²) in [5.74, 6) is 0. The summed E-state index contributed by atoms with van der Waals surface area (Å²) in [7, 11) is 2.15. The molecule has 3 rings (SSSR count). The molecule has 2 aromatic carbocycles. The van der Waals surface area contributed by atoms with Crippen LogP contribution in [0.2, 0.25) is 0 Å². The Morgan fingerprint density at radius 3 is 2.30 bits per heavy atom. The number of rotatable bonds is 3. The highest BCUT2D eigenvalue weighted by Crippen LogP contribution is 2.10. The van der Waals surface area contributed by atoms with Crippen LogP contribution >= 0.6 is 0 Å². The summed E-state index contributed by atoms with van der Waals surface area (Å²) in [5.41, 5.74) is 3.55. The Labute approximate surface area is 138 Å². The molecular weight excluding hydrogens is 285 g/mol. The molecule has 0 aromatic heterocycles. The minimum atomic E-state index is -0.00765. The van der Waals surface area contributed by atoms with Crippen LogP contribution in [0.1, 0.15) is 5.56 Å². The first-order valence-corrected chi connectivity index (χ1v) is 8.10. The van der Waals surface area contributed by atoms with Gasteiger partial charge in [0.25, 0.3) is 0 Å². The van der Waals surface area contributed by atoms with E-state index in [0.717, 1.165) is 38.4 Å². The van der Waals surface area contributed by atoms with Gasteiger partial charge in [0.05, 0.1) is 0 Å². The maximum atomic E-state index is 12.3. The summed E-state index contributed by atoms with van der Waals surface area (Å²) in [6.07, 6.45) is 0. The fourth-order valence-corrected chi connectivity index (χ4v) is 2.86. The van der Waals surface area contributed by atoms with Gasteiger partial charge in [-0.2, -0.15) is 0 Å². The molecule has 0 unspecified atom stereocenters. The Kier molecular flexibility index (Phi) is 4.98. The second-order valence-corrected chi connectivity index (χ2v) is 5.99. The lowest BCUT2D eigenvalue weighted by Crippen LogP contribution is -2.49. The molecule has 4 nitrogen and oxygen atoms in total. The number of urea groups is 1. The molecule has 0 bridgehead atoms. The van der Waals surface area contributed by atoms with Gasteiger partial charge in [-0.3, -0.25) is 4.90 Å². The molecular formula is C18H22BN3O. The number of benzene rings is 2. The van der Waals surface area contributed by atoms with Gasteiger partial charge in [-0.15, -0.1) is 0 Å². The van der Waals surface area contributed by atoms with Gasteiger partial charge in [0.15, 0.2) is 0 Å². The zero-order valence-corrected chi connectivity index (χ0v) is 13.5. The smallest absolute Gasteiger partial charge is 0.321 e. The van der Waals surface area contributed by atoms with E-state index in [4.69, 9.17) is 0 Å². The molecule has 1 saturated heterocycles. The molecule has 0 radical (unpaired) electrons. The quantitative estimate of drug-likeness (QED) is 0.868. The van der Waals surface area contributed by atoms with Gasteiger partial charge in [-0.1, -0.05) is 47.9 Å². The zero-order chi connectivity index (χ0) is 16.1. The number of amides is 2. The third-order valence-corrected chi connectivity index (χ3v) is 4.34. The predicted octanol–water partition coefficient (Wildman–Crippen LogP) is 1.29. The van der Waals surface area contributed by atoms with Crippen LogP contribution < -0.4 is 10.8 Å². The van der Waals surface area contributed by atoms with Crippen molar-refractivity contribution in [2.24, 2.45) is 0 Å². The lowest BCUT2D eigenvalue weighted by molar-refractivity contribution is 0.143. The van der Waals surface area contributed by atoms with E-state index in [2.05, 4.69) is 42.3 Å². The highest BCUT2D eigenvalue weighted by Gasteiger charge is 2.21. The van der Waals surface area contributed by atoms with Crippen LogP contribution in [0, 0.1) is 0 Å². The van der Waals surface area contributed by atoms with Gasteiger partial charge in [0.1, 0.15) is 7.85 Å². The van der Waals surface area contributed by atoms with Crippen LogP contribution in [0.4, 0.5) is 10.5 Å². The van der Waals surface area contributed by atoms with Gasteiger partial charge < -0.3 is 10.2 Å². The summed E-state index contributed by atoms with van der Waals surface area (Å²) >= 11 is 0. The van der Waals surface area contributed by atoms with Gasteiger partial charge in [-0.25, -0.2) is 4.79 Å². The van der Waals surface area contributed by atoms with Crippen LogP contribution in [0.3, 0.4) is 0 Å². The Bertz CT molecular complexity index is 654. The fourth-order valence-electron chi connectivity index (χ4n) is 2.86. The second kappa shape index (κ2) is 7.33. The Hall–Kier alpha value is -2.27. The molecule has 23 heavy (non-hydrogen) atoms. The van der Waals surface area contributed by atoms with Crippen LogP contribution in [0.5, 0.6) is 0 Å². The molecule has 0 atom stereocenters. The van der Waals surface area contributed by atoms with E-state index in [9.17, 15) is 4.79 Å². The van der Waals surface area contributed by atoms with Gasteiger partial charge in [0.2, 0.25) is 0 Å². The number of nitrogens with one attached hydrogen (secondary N) is 1. The Balaban J connectivity index is 1.50. The van der Waals surface area contributed by atoms with Gasteiger partial charge in [-0.05, 0) is 17.7 Å². The summed E-state index contributed by atoms with van der Waals surface area (Å²) in [6.45, 7) is 4.32. The van der Waals surface area contributed by atoms with Crippen molar-refractivity contribution >= 4 is 25.0 Å². The van der Waals surface area contributed by atoms with Gasteiger partial charge >= 0.3 is 6.03 Å². The maximum absolute atomic E-state index is 12.3. The van der Waals surface area contributed by atoms with Gasteiger partial charge in [0, 0.05) is 38.4 Å². The summed E-state index contributed by atoms with van der Waals surface area (Å²) in [6, 6.07) is 18.1. The molecule has 0 saturated carbocycles. The molecule has 0 aliphatic carbocycles. The minimum Gasteiger partial charge on any atom is -0.322 e. The molecule has 2 amide bonds. The maximum Gasteiger partial charge on any atom is 0.321 e. The first-order chi connectivity index (χ1) is 11.2. The lowest BCUT2D eigenvalue weighted by Gasteiger charge is -2.35. The second-order valence-electron chi connectivity index (χ2n) is 5.99. The lowest BCUT2D eigenvalue weighted by atomic mass is 9.90. The zero-order valence-electron chi connectivity index (χ0n) is 13.5. The number of carbonyl (C=O) groups excluding carboxylic acids is 1. The first kappa shape index (κ1) is 15.6. The molecule has 118 valence electrons. The number of hydrogen-bond acceptors (Lipinski definition) is 2. The number of nitrogens with zero attached hydrogens (tertiary/aromatic N) is 2. The van der Waals surface area contributed by atoms with E-state index >= 15 is 0 Å². The summed E-state index contributed by atoms with van der Waals surface area (Å²) < 4.78 is 0. The van der Waals surface area contributed by atoms with Crippen molar-refractivity contribution in [1.29, 1.82) is 0 Å². The average molecular weight is 307 g/mol. The molecule has 5 heteroatoms. The van der Waals surface area contributed by atoms with E-state index in [0.29, 0.717) is 0 Å². The third kappa shape index (κ3) is 4.14. The number of hydrogen-bond donors (Lipinski definition) is 1. The molecule has 1 fully saturated rings. The summed E-state index contributed by atoms with van der Waals surface area (Å²) in [4.78, 5) is 16.6. The average Bonchev–Trinajstić information content (AvgIpc) is 2.58. The number of anilines is 1. The van der Waals surface area contributed by atoms with E-state index in [1.165, 1.54) is 11.0 Å². The van der Waals surface area contributed by atoms with Crippen molar-refractivity contribution in [3.63, 3.8) is 0 Å². The standard InChI is InChI=1S/C18H22BN3O/c19-17-9-5-4-6-15(17)14-21-10-12-22(13-11-21)18(23)20-16-7-2-1-3-8-16/h1-9H,10-14,19H2,(H,20,23). The van der Waals surface area contributed by atoms with E-state index in [1.807, 2.05) is 35.2 Å². The normalized spacial score (nSPS) is 15.4. The van der Waals surface area contributed by atoms with Crippen LogP contribution in [0.15, 0.2) is 54.6 Å². The number of piperazine rings is 1. The van der Waals surface area contributed by atoms with Crippen molar-refractivity contribution in [2.75, 3.05) is 31.5 Å². The topological polar surface area (TPSA) is 35.6 Å². The molecule has 1 heterocycles. The van der Waals surface area contributed by atoms with Crippen molar-refractivity contribution in [1.82, 2.24) is 9.80 Å². The van der Waals surface area contributed by atoms with Crippen molar-refractivity contribution in [2.45, 2.75) is 6.54 Å². The Morgan fingerprint density at radius 2 is 1.61 bits per heavy atom. The molecule has 0 spiro atoms. The molecule has 2 aromatic rings. The molecule has 1 aliphatic rings. The largest absolute Gasteiger partial charge is 0.322 e. The fraction of sp³-hybridized carbons (Fsp3) is 0.278. The predicted molar refractivity (Wildman–Crippen MR) is 96.9 cm³/mol. The SMILES string of the molecule is Bc1ccccc1CN1CCN(C(=O)Nc2ccccc2)CC1.